The molecule has 0 saturated heterocycles. The maximum atomic E-state index is 4.57. The fourth-order valence-electron chi connectivity index (χ4n) is 3.63. The highest BCUT2D eigenvalue weighted by atomic mass is 32.1. The SMILES string of the molecule is CCn1c2ccccc2c2cc(-n3nccc3-c3cccs3)ccc21. The summed E-state index contributed by atoms with van der Waals surface area (Å²) < 4.78 is 4.40. The second-order valence-corrected chi connectivity index (χ2v) is 7.02. The summed E-state index contributed by atoms with van der Waals surface area (Å²) in [5.41, 5.74) is 4.79. The maximum absolute atomic E-state index is 4.57. The van der Waals surface area contributed by atoms with Crippen molar-refractivity contribution in [3.63, 3.8) is 0 Å². The molecule has 2 aromatic carbocycles. The van der Waals surface area contributed by atoms with E-state index in [0.29, 0.717) is 0 Å². The molecule has 0 unspecified atom stereocenters. The highest BCUT2D eigenvalue weighted by molar-refractivity contribution is 7.13. The van der Waals surface area contributed by atoms with Crippen molar-refractivity contribution in [2.45, 2.75) is 13.5 Å². The Morgan fingerprint density at radius 1 is 0.920 bits per heavy atom. The van der Waals surface area contributed by atoms with Gasteiger partial charge >= 0.3 is 0 Å². The van der Waals surface area contributed by atoms with Crippen LogP contribution in [0, 0.1) is 0 Å². The first kappa shape index (κ1) is 14.5. The normalized spacial score (nSPS) is 11.6. The third kappa shape index (κ3) is 2.14. The van der Waals surface area contributed by atoms with Crippen LogP contribution in [0.1, 0.15) is 6.92 Å². The Morgan fingerprint density at radius 2 is 1.80 bits per heavy atom. The first-order valence-electron chi connectivity index (χ1n) is 8.46. The largest absolute Gasteiger partial charge is 0.341 e. The topological polar surface area (TPSA) is 22.8 Å². The predicted octanol–water partition coefficient (Wildman–Crippen LogP) is 5.73. The van der Waals surface area contributed by atoms with Crippen molar-refractivity contribution in [1.82, 2.24) is 14.3 Å². The van der Waals surface area contributed by atoms with Crippen molar-refractivity contribution < 1.29 is 0 Å². The van der Waals surface area contributed by atoms with E-state index in [9.17, 15) is 0 Å². The lowest BCUT2D eigenvalue weighted by molar-refractivity contribution is 0.826. The second-order valence-electron chi connectivity index (χ2n) is 6.07. The number of fused-ring (bicyclic) bond motifs is 3. The Kier molecular flexibility index (Phi) is 3.25. The summed E-state index contributed by atoms with van der Waals surface area (Å²) in [6, 6.07) is 21.6. The lowest BCUT2D eigenvalue weighted by Crippen LogP contribution is -1.98. The van der Waals surface area contributed by atoms with Gasteiger partial charge in [-0.1, -0.05) is 24.3 Å². The van der Waals surface area contributed by atoms with Gasteiger partial charge in [-0.05, 0) is 48.7 Å². The Hall–Kier alpha value is -2.85. The Morgan fingerprint density at radius 3 is 2.64 bits per heavy atom. The van der Waals surface area contributed by atoms with Crippen LogP contribution in [-0.4, -0.2) is 14.3 Å². The number of nitrogens with zero attached hydrogens (tertiary/aromatic N) is 3. The van der Waals surface area contributed by atoms with E-state index in [1.165, 1.54) is 26.7 Å². The molecule has 0 radical (unpaired) electrons. The lowest BCUT2D eigenvalue weighted by atomic mass is 10.1. The number of hydrogen-bond donors (Lipinski definition) is 0. The molecular weight excluding hydrogens is 326 g/mol. The van der Waals surface area contributed by atoms with Gasteiger partial charge in [-0.15, -0.1) is 11.3 Å². The van der Waals surface area contributed by atoms with Crippen molar-refractivity contribution in [3.05, 3.63) is 72.2 Å². The van der Waals surface area contributed by atoms with Gasteiger partial charge in [0.15, 0.2) is 0 Å². The number of aromatic nitrogens is 3. The van der Waals surface area contributed by atoms with Crippen molar-refractivity contribution in [2.75, 3.05) is 0 Å². The van der Waals surface area contributed by atoms with Crippen LogP contribution in [-0.2, 0) is 6.54 Å². The van der Waals surface area contributed by atoms with E-state index >= 15 is 0 Å². The standard InChI is InChI=1S/C21H17N3S/c1-2-23-18-7-4-3-6-16(18)17-14-15(9-10-19(17)23)24-20(11-12-22-24)21-8-5-13-25-21/h3-14H,2H2,1H3. The summed E-state index contributed by atoms with van der Waals surface area (Å²) in [4.78, 5) is 1.23. The molecule has 3 heterocycles. The van der Waals surface area contributed by atoms with Gasteiger partial charge in [0.2, 0.25) is 0 Å². The molecule has 0 N–H and O–H groups in total. The fraction of sp³-hybridized carbons (Fsp3) is 0.0952. The zero-order valence-electron chi connectivity index (χ0n) is 13.9. The predicted molar refractivity (Wildman–Crippen MR) is 106 cm³/mol. The van der Waals surface area contributed by atoms with Crippen LogP contribution in [0.15, 0.2) is 72.2 Å². The molecule has 3 aromatic heterocycles. The molecule has 3 nitrogen and oxygen atoms in total. The zero-order valence-corrected chi connectivity index (χ0v) is 14.7. The highest BCUT2D eigenvalue weighted by Crippen LogP contribution is 2.32. The Labute approximate surface area is 149 Å². The zero-order chi connectivity index (χ0) is 16.8. The molecule has 0 saturated carbocycles. The molecule has 5 aromatic rings. The van der Waals surface area contributed by atoms with Gasteiger partial charge in [0.1, 0.15) is 0 Å². The Bertz CT molecular complexity index is 1180. The maximum Gasteiger partial charge on any atom is 0.0840 e. The van der Waals surface area contributed by atoms with Gasteiger partial charge < -0.3 is 4.57 Å². The molecule has 122 valence electrons. The summed E-state index contributed by atoms with van der Waals surface area (Å²) in [5.74, 6) is 0. The minimum atomic E-state index is 0.964. The van der Waals surface area contributed by atoms with E-state index in [0.717, 1.165) is 17.9 Å². The van der Waals surface area contributed by atoms with E-state index in [2.05, 4.69) is 82.6 Å². The number of benzene rings is 2. The van der Waals surface area contributed by atoms with Crippen LogP contribution in [0.2, 0.25) is 0 Å². The molecule has 5 rings (SSSR count). The number of rotatable bonds is 3. The van der Waals surface area contributed by atoms with E-state index in [1.54, 1.807) is 11.3 Å². The third-order valence-electron chi connectivity index (χ3n) is 4.73. The van der Waals surface area contributed by atoms with E-state index in [4.69, 9.17) is 0 Å². The minimum absolute atomic E-state index is 0.964. The van der Waals surface area contributed by atoms with Crippen LogP contribution < -0.4 is 0 Å². The minimum Gasteiger partial charge on any atom is -0.341 e. The quantitative estimate of drug-likeness (QED) is 0.410. The summed E-state index contributed by atoms with van der Waals surface area (Å²) in [6.45, 7) is 3.16. The lowest BCUT2D eigenvalue weighted by Gasteiger charge is -2.07. The van der Waals surface area contributed by atoms with Gasteiger partial charge in [0.25, 0.3) is 0 Å². The highest BCUT2D eigenvalue weighted by Gasteiger charge is 2.13. The molecular formula is C21H17N3S. The first-order chi connectivity index (χ1) is 12.4. The van der Waals surface area contributed by atoms with Crippen LogP contribution >= 0.6 is 11.3 Å². The summed E-state index contributed by atoms with van der Waals surface area (Å²) in [6.07, 6.45) is 1.87. The molecule has 25 heavy (non-hydrogen) atoms. The van der Waals surface area contributed by atoms with Crippen molar-refractivity contribution in [3.8, 4) is 16.3 Å². The van der Waals surface area contributed by atoms with Crippen molar-refractivity contribution >= 4 is 33.1 Å². The first-order valence-corrected chi connectivity index (χ1v) is 9.34. The third-order valence-corrected chi connectivity index (χ3v) is 5.63. The van der Waals surface area contributed by atoms with Gasteiger partial charge in [-0.3, -0.25) is 0 Å². The van der Waals surface area contributed by atoms with Crippen molar-refractivity contribution in [2.24, 2.45) is 0 Å². The number of aryl methyl sites for hydroxylation is 1. The molecule has 0 aliphatic heterocycles. The van der Waals surface area contributed by atoms with Crippen molar-refractivity contribution in [1.29, 1.82) is 0 Å². The molecule has 0 amide bonds. The van der Waals surface area contributed by atoms with Crippen LogP contribution in [0.25, 0.3) is 38.1 Å². The van der Waals surface area contributed by atoms with Crippen LogP contribution in [0.3, 0.4) is 0 Å². The van der Waals surface area contributed by atoms with Crippen LogP contribution in [0.4, 0.5) is 0 Å². The monoisotopic (exact) mass is 343 g/mol. The summed E-state index contributed by atoms with van der Waals surface area (Å²) in [7, 11) is 0. The van der Waals surface area contributed by atoms with E-state index < -0.39 is 0 Å². The van der Waals surface area contributed by atoms with Gasteiger partial charge in [0, 0.05) is 28.4 Å². The number of hydrogen-bond acceptors (Lipinski definition) is 2. The smallest absolute Gasteiger partial charge is 0.0840 e. The second kappa shape index (κ2) is 5.60. The average Bonchev–Trinajstić information content (AvgIpc) is 3.38. The molecule has 0 aliphatic rings. The van der Waals surface area contributed by atoms with Crippen LogP contribution in [0.5, 0.6) is 0 Å². The number of para-hydroxylation sites is 1. The molecule has 0 aliphatic carbocycles. The molecule has 0 spiro atoms. The fourth-order valence-corrected chi connectivity index (χ4v) is 4.37. The summed E-state index contributed by atoms with van der Waals surface area (Å²) in [5, 5.41) is 9.25. The average molecular weight is 343 g/mol. The summed E-state index contributed by atoms with van der Waals surface area (Å²) >= 11 is 1.74. The Balaban J connectivity index is 1.77. The molecule has 0 bridgehead atoms. The van der Waals surface area contributed by atoms with E-state index in [-0.39, 0.29) is 0 Å². The van der Waals surface area contributed by atoms with Gasteiger partial charge in [-0.25, -0.2) is 4.68 Å². The molecule has 0 fully saturated rings. The van der Waals surface area contributed by atoms with Gasteiger partial charge in [-0.2, -0.15) is 5.10 Å². The number of thiophene rings is 1. The molecule has 0 atom stereocenters. The van der Waals surface area contributed by atoms with Gasteiger partial charge in [0.05, 0.1) is 22.5 Å². The molecule has 4 heteroatoms. The van der Waals surface area contributed by atoms with E-state index in [1.807, 2.05) is 10.9 Å².